The third-order valence-corrected chi connectivity index (χ3v) is 4.82. The summed E-state index contributed by atoms with van der Waals surface area (Å²) in [5.74, 6) is 1.49. The van der Waals surface area contributed by atoms with Gasteiger partial charge in [-0.15, -0.1) is 20.4 Å². The minimum Gasteiger partial charge on any atom is -0.497 e. The van der Waals surface area contributed by atoms with E-state index in [-0.39, 0.29) is 5.69 Å². The lowest BCUT2D eigenvalue weighted by Crippen LogP contribution is -2.00. The molecular formula is C20H14N6OS. The first kappa shape index (κ1) is 17.7. The zero-order chi connectivity index (χ0) is 19.3. The molecule has 0 saturated heterocycles. The summed E-state index contributed by atoms with van der Waals surface area (Å²) in [5.41, 5.74) is 2.11. The van der Waals surface area contributed by atoms with Gasteiger partial charge in [-0.1, -0.05) is 30.3 Å². The van der Waals surface area contributed by atoms with Crippen LogP contribution in [0.1, 0.15) is 5.69 Å². The van der Waals surface area contributed by atoms with E-state index in [0.717, 1.165) is 22.8 Å². The Balaban J connectivity index is 1.79. The maximum Gasteiger partial charge on any atom is 0.202 e. The summed E-state index contributed by atoms with van der Waals surface area (Å²) in [6, 6.07) is 22.9. The second kappa shape index (κ2) is 7.90. The lowest BCUT2D eigenvalue weighted by molar-refractivity contribution is 0.414. The summed E-state index contributed by atoms with van der Waals surface area (Å²) in [6.45, 7) is 0. The highest BCUT2D eigenvalue weighted by molar-refractivity contribution is 7.99. The van der Waals surface area contributed by atoms with Crippen molar-refractivity contribution in [1.29, 1.82) is 5.26 Å². The molecule has 8 heteroatoms. The van der Waals surface area contributed by atoms with Crippen LogP contribution in [0.5, 0.6) is 5.75 Å². The van der Waals surface area contributed by atoms with E-state index in [9.17, 15) is 0 Å². The van der Waals surface area contributed by atoms with Crippen LogP contribution in [-0.2, 0) is 0 Å². The zero-order valence-corrected chi connectivity index (χ0v) is 15.7. The van der Waals surface area contributed by atoms with Crippen molar-refractivity contribution in [1.82, 2.24) is 25.0 Å². The predicted molar refractivity (Wildman–Crippen MR) is 104 cm³/mol. The zero-order valence-electron chi connectivity index (χ0n) is 14.9. The maximum absolute atomic E-state index is 8.89. The number of hydrogen-bond donors (Lipinski definition) is 0. The number of nitrogens with zero attached hydrogens (tertiary/aromatic N) is 6. The van der Waals surface area contributed by atoms with Crippen LogP contribution in [0.3, 0.4) is 0 Å². The van der Waals surface area contributed by atoms with Gasteiger partial charge in [-0.25, -0.2) is 0 Å². The van der Waals surface area contributed by atoms with Crippen molar-refractivity contribution in [2.45, 2.75) is 10.2 Å². The topological polar surface area (TPSA) is 89.5 Å². The van der Waals surface area contributed by atoms with Crippen molar-refractivity contribution < 1.29 is 4.74 Å². The molecule has 2 aromatic carbocycles. The lowest BCUT2D eigenvalue weighted by Gasteiger charge is -2.11. The number of benzene rings is 2. The number of methoxy groups -OCH3 is 1. The third kappa shape index (κ3) is 3.56. The van der Waals surface area contributed by atoms with E-state index in [1.165, 1.54) is 11.8 Å². The van der Waals surface area contributed by atoms with Crippen LogP contribution < -0.4 is 4.74 Å². The molecule has 0 saturated carbocycles. The van der Waals surface area contributed by atoms with E-state index >= 15 is 0 Å². The van der Waals surface area contributed by atoms with Gasteiger partial charge >= 0.3 is 0 Å². The average Bonchev–Trinajstić information content (AvgIpc) is 3.18. The molecule has 136 valence electrons. The first-order valence-electron chi connectivity index (χ1n) is 8.35. The summed E-state index contributed by atoms with van der Waals surface area (Å²) in [7, 11) is 1.63. The van der Waals surface area contributed by atoms with Gasteiger partial charge in [0.25, 0.3) is 0 Å². The van der Waals surface area contributed by atoms with Gasteiger partial charge < -0.3 is 4.74 Å². The Morgan fingerprint density at radius 1 is 0.893 bits per heavy atom. The van der Waals surface area contributed by atoms with Crippen LogP contribution in [-0.4, -0.2) is 32.1 Å². The van der Waals surface area contributed by atoms with Crippen LogP contribution in [0.4, 0.5) is 0 Å². The molecule has 2 heterocycles. The fourth-order valence-corrected chi connectivity index (χ4v) is 3.37. The summed E-state index contributed by atoms with van der Waals surface area (Å²) < 4.78 is 7.22. The number of rotatable bonds is 5. The highest BCUT2D eigenvalue weighted by Gasteiger charge is 2.17. The van der Waals surface area contributed by atoms with Crippen LogP contribution in [0.25, 0.3) is 17.1 Å². The van der Waals surface area contributed by atoms with E-state index in [1.54, 1.807) is 19.2 Å². The van der Waals surface area contributed by atoms with Gasteiger partial charge in [-0.05, 0) is 48.2 Å². The highest BCUT2D eigenvalue weighted by atomic mass is 32.2. The number of hydrogen-bond acceptors (Lipinski definition) is 7. The molecule has 0 unspecified atom stereocenters. The van der Waals surface area contributed by atoms with Gasteiger partial charge in [0.15, 0.2) is 11.5 Å². The molecule has 2 aromatic heterocycles. The number of nitriles is 1. The number of ether oxygens (including phenoxy) is 1. The molecule has 0 aliphatic rings. The third-order valence-electron chi connectivity index (χ3n) is 3.95. The molecule has 28 heavy (non-hydrogen) atoms. The van der Waals surface area contributed by atoms with Crippen LogP contribution >= 0.6 is 11.8 Å². The second-order valence-electron chi connectivity index (χ2n) is 5.68. The van der Waals surface area contributed by atoms with Gasteiger partial charge in [-0.2, -0.15) is 5.26 Å². The normalized spacial score (nSPS) is 10.4. The Morgan fingerprint density at radius 3 is 2.32 bits per heavy atom. The summed E-state index contributed by atoms with van der Waals surface area (Å²) >= 11 is 1.33. The van der Waals surface area contributed by atoms with Gasteiger partial charge in [-0.3, -0.25) is 4.57 Å². The molecule has 0 amide bonds. The quantitative estimate of drug-likeness (QED) is 0.516. The molecule has 0 spiro atoms. The van der Waals surface area contributed by atoms with Crippen molar-refractivity contribution >= 4 is 11.8 Å². The fourth-order valence-electron chi connectivity index (χ4n) is 2.60. The molecular weight excluding hydrogens is 372 g/mol. The molecule has 0 bridgehead atoms. The van der Waals surface area contributed by atoms with Crippen LogP contribution in [0.2, 0.25) is 0 Å². The largest absolute Gasteiger partial charge is 0.497 e. The van der Waals surface area contributed by atoms with Crippen LogP contribution in [0.15, 0.2) is 76.9 Å². The summed E-state index contributed by atoms with van der Waals surface area (Å²) in [5, 5.41) is 26.9. The van der Waals surface area contributed by atoms with E-state index < -0.39 is 0 Å². The molecule has 0 aliphatic heterocycles. The van der Waals surface area contributed by atoms with E-state index in [0.29, 0.717) is 10.2 Å². The predicted octanol–water partition coefficient (Wildman–Crippen LogP) is 3.76. The fraction of sp³-hybridized carbons (Fsp3) is 0.0500. The first-order chi connectivity index (χ1) is 13.8. The minimum absolute atomic E-state index is 0.269. The second-order valence-corrected chi connectivity index (χ2v) is 6.66. The molecule has 0 N–H and O–H groups in total. The van der Waals surface area contributed by atoms with E-state index in [4.69, 9.17) is 10.00 Å². The highest BCUT2D eigenvalue weighted by Crippen LogP contribution is 2.31. The molecule has 4 aromatic rings. The van der Waals surface area contributed by atoms with Gasteiger partial charge in [0.2, 0.25) is 5.16 Å². The van der Waals surface area contributed by atoms with E-state index in [1.807, 2.05) is 65.2 Å². The minimum atomic E-state index is 0.269. The van der Waals surface area contributed by atoms with Gasteiger partial charge in [0.1, 0.15) is 16.8 Å². The molecule has 4 rings (SSSR count). The van der Waals surface area contributed by atoms with Crippen molar-refractivity contribution in [3.05, 3.63) is 72.4 Å². The SMILES string of the molecule is COc1ccc(-n2c(Sc3ccc(C#N)nn3)nnc2-c2ccccc2)cc1. The Labute approximate surface area is 165 Å². The standard InChI is InChI=1S/C20H14N6OS/c1-27-17-10-8-16(9-11-17)26-19(14-5-3-2-4-6-14)24-25-20(26)28-18-12-7-15(13-21)22-23-18/h2-12H,1H3. The van der Waals surface area contributed by atoms with Crippen molar-refractivity contribution in [3.8, 4) is 28.9 Å². The Bertz CT molecular complexity index is 1120. The molecule has 0 radical (unpaired) electrons. The number of aromatic nitrogens is 5. The smallest absolute Gasteiger partial charge is 0.202 e. The Kier molecular flexibility index (Phi) is 4.99. The summed E-state index contributed by atoms with van der Waals surface area (Å²) in [6.07, 6.45) is 0. The molecule has 0 atom stereocenters. The van der Waals surface area contributed by atoms with Gasteiger partial charge in [0.05, 0.1) is 12.8 Å². The summed E-state index contributed by atoms with van der Waals surface area (Å²) in [4.78, 5) is 0. The van der Waals surface area contributed by atoms with Crippen LogP contribution in [0, 0.1) is 11.3 Å². The first-order valence-corrected chi connectivity index (χ1v) is 9.17. The van der Waals surface area contributed by atoms with Crippen molar-refractivity contribution in [3.63, 3.8) is 0 Å². The average molecular weight is 386 g/mol. The van der Waals surface area contributed by atoms with Gasteiger partial charge in [0, 0.05) is 5.56 Å². The maximum atomic E-state index is 8.89. The van der Waals surface area contributed by atoms with Crippen molar-refractivity contribution in [2.75, 3.05) is 7.11 Å². The Hall–Kier alpha value is -3.70. The van der Waals surface area contributed by atoms with Crippen molar-refractivity contribution in [2.24, 2.45) is 0 Å². The molecule has 0 fully saturated rings. The molecule has 0 aliphatic carbocycles. The Morgan fingerprint density at radius 2 is 1.68 bits per heavy atom. The van der Waals surface area contributed by atoms with E-state index in [2.05, 4.69) is 20.4 Å². The molecule has 7 nitrogen and oxygen atoms in total. The lowest BCUT2D eigenvalue weighted by atomic mass is 10.2. The monoisotopic (exact) mass is 386 g/mol.